The summed E-state index contributed by atoms with van der Waals surface area (Å²) in [6.45, 7) is 12.9. The van der Waals surface area contributed by atoms with Gasteiger partial charge in [-0.15, -0.1) is 0 Å². The van der Waals surface area contributed by atoms with Crippen LogP contribution in [-0.4, -0.2) is 53.5 Å². The molecule has 138 valence electrons. The zero-order chi connectivity index (χ0) is 18.7. The lowest BCUT2D eigenvalue weighted by atomic mass is 10.1. The first kappa shape index (κ1) is 18.3. The number of benzene rings is 1. The molecule has 0 unspecified atom stereocenters. The van der Waals surface area contributed by atoms with Crippen molar-refractivity contribution in [3.8, 4) is 0 Å². The second-order valence-corrected chi connectivity index (χ2v) is 6.84. The quantitative estimate of drug-likeness (QED) is 0.916. The highest BCUT2D eigenvalue weighted by Crippen LogP contribution is 2.21. The number of aromatic nitrogens is 2. The molecule has 1 saturated heterocycles. The third kappa shape index (κ3) is 4.02. The fourth-order valence-electron chi connectivity index (χ4n) is 3.26. The Morgan fingerprint density at radius 2 is 1.73 bits per heavy atom. The SMILES string of the molecule is CCN1CCN(c2nc(C)cc(C(=O)Nc3c(C)cccc3C)n2)CC1. The number of hydrogen-bond donors (Lipinski definition) is 1. The van der Waals surface area contributed by atoms with E-state index >= 15 is 0 Å². The van der Waals surface area contributed by atoms with Crippen LogP contribution in [0.3, 0.4) is 0 Å². The van der Waals surface area contributed by atoms with E-state index in [4.69, 9.17) is 0 Å². The van der Waals surface area contributed by atoms with Gasteiger partial charge < -0.3 is 15.1 Å². The van der Waals surface area contributed by atoms with Gasteiger partial charge >= 0.3 is 0 Å². The molecule has 1 amide bonds. The van der Waals surface area contributed by atoms with Crippen molar-refractivity contribution < 1.29 is 4.79 Å². The summed E-state index contributed by atoms with van der Waals surface area (Å²) in [7, 11) is 0. The highest BCUT2D eigenvalue weighted by Gasteiger charge is 2.20. The molecule has 1 aromatic heterocycles. The number of aryl methyl sites for hydroxylation is 3. The summed E-state index contributed by atoms with van der Waals surface area (Å²) in [6, 6.07) is 7.72. The molecular formula is C20H27N5O. The summed E-state index contributed by atoms with van der Waals surface area (Å²) in [5.41, 5.74) is 4.15. The molecule has 1 N–H and O–H groups in total. The Hall–Kier alpha value is -2.47. The number of para-hydroxylation sites is 1. The fraction of sp³-hybridized carbons (Fsp3) is 0.450. The van der Waals surface area contributed by atoms with Gasteiger partial charge in [-0.2, -0.15) is 0 Å². The molecule has 0 radical (unpaired) electrons. The average Bonchev–Trinajstić information content (AvgIpc) is 2.64. The Balaban J connectivity index is 1.80. The van der Waals surface area contributed by atoms with Crippen LogP contribution in [0.15, 0.2) is 24.3 Å². The first-order chi connectivity index (χ1) is 12.5. The van der Waals surface area contributed by atoms with Gasteiger partial charge in [-0.25, -0.2) is 9.97 Å². The molecule has 0 saturated carbocycles. The summed E-state index contributed by atoms with van der Waals surface area (Å²) >= 11 is 0. The minimum atomic E-state index is -0.193. The number of hydrogen-bond acceptors (Lipinski definition) is 5. The van der Waals surface area contributed by atoms with Crippen LogP contribution in [0.2, 0.25) is 0 Å². The van der Waals surface area contributed by atoms with Crippen molar-refractivity contribution in [1.82, 2.24) is 14.9 Å². The lowest BCUT2D eigenvalue weighted by molar-refractivity contribution is 0.102. The standard InChI is InChI=1S/C20H27N5O/c1-5-24-9-11-25(12-10-24)20-21-16(4)13-17(22-20)19(26)23-18-14(2)7-6-8-15(18)3/h6-8,13H,5,9-12H2,1-4H3,(H,23,26). The molecule has 0 bridgehead atoms. The average molecular weight is 353 g/mol. The van der Waals surface area contributed by atoms with Gasteiger partial charge in [0.15, 0.2) is 0 Å². The van der Waals surface area contributed by atoms with E-state index in [2.05, 4.69) is 32.0 Å². The summed E-state index contributed by atoms with van der Waals surface area (Å²) in [5.74, 6) is 0.453. The number of carbonyl (C=O) groups is 1. The maximum absolute atomic E-state index is 12.8. The zero-order valence-electron chi connectivity index (χ0n) is 16.0. The molecule has 6 heteroatoms. The van der Waals surface area contributed by atoms with Crippen LogP contribution in [0.4, 0.5) is 11.6 Å². The van der Waals surface area contributed by atoms with Crippen molar-refractivity contribution in [2.24, 2.45) is 0 Å². The summed E-state index contributed by atoms with van der Waals surface area (Å²) in [6.07, 6.45) is 0. The fourth-order valence-corrected chi connectivity index (χ4v) is 3.26. The molecule has 1 aromatic carbocycles. The van der Waals surface area contributed by atoms with Gasteiger partial charge in [-0.05, 0) is 44.5 Å². The van der Waals surface area contributed by atoms with E-state index < -0.39 is 0 Å². The molecule has 2 heterocycles. The Bertz CT molecular complexity index is 777. The number of nitrogens with one attached hydrogen (secondary N) is 1. The molecule has 1 aliphatic rings. The van der Waals surface area contributed by atoms with Gasteiger partial charge in [0.05, 0.1) is 0 Å². The molecule has 3 rings (SSSR count). The van der Waals surface area contributed by atoms with Crippen molar-refractivity contribution in [2.45, 2.75) is 27.7 Å². The number of carbonyl (C=O) groups excluding carboxylic acids is 1. The molecule has 6 nitrogen and oxygen atoms in total. The maximum Gasteiger partial charge on any atom is 0.274 e. The van der Waals surface area contributed by atoms with Gasteiger partial charge in [0.25, 0.3) is 5.91 Å². The number of likely N-dealkylation sites (N-methyl/N-ethyl adjacent to an activating group) is 1. The molecule has 26 heavy (non-hydrogen) atoms. The van der Waals surface area contributed by atoms with Gasteiger partial charge in [-0.3, -0.25) is 4.79 Å². The number of anilines is 2. The highest BCUT2D eigenvalue weighted by molar-refractivity contribution is 6.04. The molecule has 1 fully saturated rings. The molecule has 2 aromatic rings. The number of amides is 1. The van der Waals surface area contributed by atoms with Crippen molar-refractivity contribution in [3.63, 3.8) is 0 Å². The first-order valence-corrected chi connectivity index (χ1v) is 9.18. The minimum absolute atomic E-state index is 0.193. The van der Waals surface area contributed by atoms with Crippen LogP contribution in [-0.2, 0) is 0 Å². The van der Waals surface area contributed by atoms with Gasteiger partial charge in [0.1, 0.15) is 5.69 Å². The Morgan fingerprint density at radius 3 is 2.35 bits per heavy atom. The lowest BCUT2D eigenvalue weighted by Gasteiger charge is -2.34. The number of rotatable bonds is 4. The predicted molar refractivity (Wildman–Crippen MR) is 105 cm³/mol. The molecule has 0 atom stereocenters. The summed E-state index contributed by atoms with van der Waals surface area (Å²) in [5, 5.41) is 3.01. The Labute approximate surface area is 155 Å². The maximum atomic E-state index is 12.8. The van der Waals surface area contributed by atoms with Crippen LogP contribution >= 0.6 is 0 Å². The predicted octanol–water partition coefficient (Wildman–Crippen LogP) is 2.80. The molecular weight excluding hydrogens is 326 g/mol. The Kier molecular flexibility index (Phi) is 5.52. The third-order valence-corrected chi connectivity index (χ3v) is 4.90. The van der Waals surface area contributed by atoms with Crippen LogP contribution < -0.4 is 10.2 Å². The highest BCUT2D eigenvalue weighted by atomic mass is 16.1. The summed E-state index contributed by atoms with van der Waals surface area (Å²) < 4.78 is 0. The molecule has 0 spiro atoms. The van der Waals surface area contributed by atoms with Crippen LogP contribution in [0, 0.1) is 20.8 Å². The van der Waals surface area contributed by atoms with Crippen LogP contribution in [0.1, 0.15) is 34.2 Å². The van der Waals surface area contributed by atoms with Crippen molar-refractivity contribution in [1.29, 1.82) is 0 Å². The summed E-state index contributed by atoms with van der Waals surface area (Å²) in [4.78, 5) is 26.4. The minimum Gasteiger partial charge on any atom is -0.338 e. The van der Waals surface area contributed by atoms with E-state index in [-0.39, 0.29) is 5.91 Å². The van der Waals surface area contributed by atoms with E-state index in [9.17, 15) is 4.79 Å². The largest absolute Gasteiger partial charge is 0.338 e. The monoisotopic (exact) mass is 353 g/mol. The van der Waals surface area contributed by atoms with Crippen molar-refractivity contribution in [2.75, 3.05) is 42.9 Å². The second kappa shape index (κ2) is 7.83. The first-order valence-electron chi connectivity index (χ1n) is 9.18. The van der Waals surface area contributed by atoms with Gasteiger partial charge in [0.2, 0.25) is 5.95 Å². The zero-order valence-corrected chi connectivity index (χ0v) is 16.0. The topological polar surface area (TPSA) is 61.4 Å². The lowest BCUT2D eigenvalue weighted by Crippen LogP contribution is -2.47. The van der Waals surface area contributed by atoms with Crippen LogP contribution in [0.25, 0.3) is 0 Å². The van der Waals surface area contributed by atoms with E-state index in [0.717, 1.165) is 55.2 Å². The van der Waals surface area contributed by atoms with Crippen molar-refractivity contribution >= 4 is 17.5 Å². The van der Waals surface area contributed by atoms with Crippen molar-refractivity contribution in [3.05, 3.63) is 46.8 Å². The normalized spacial score (nSPS) is 15.2. The molecule has 1 aliphatic heterocycles. The van der Waals surface area contributed by atoms with E-state index in [1.807, 2.05) is 39.0 Å². The van der Waals surface area contributed by atoms with Gasteiger partial charge in [-0.1, -0.05) is 25.1 Å². The third-order valence-electron chi connectivity index (χ3n) is 4.90. The second-order valence-electron chi connectivity index (χ2n) is 6.84. The van der Waals surface area contributed by atoms with Gasteiger partial charge in [0, 0.05) is 37.6 Å². The smallest absolute Gasteiger partial charge is 0.274 e. The Morgan fingerprint density at radius 1 is 1.08 bits per heavy atom. The number of piperazine rings is 1. The van der Waals surface area contributed by atoms with E-state index in [0.29, 0.717) is 11.6 Å². The molecule has 0 aliphatic carbocycles. The van der Waals surface area contributed by atoms with E-state index in [1.165, 1.54) is 0 Å². The van der Waals surface area contributed by atoms with Crippen LogP contribution in [0.5, 0.6) is 0 Å². The number of nitrogens with zero attached hydrogens (tertiary/aromatic N) is 4. The van der Waals surface area contributed by atoms with E-state index in [1.54, 1.807) is 6.07 Å².